The highest BCUT2D eigenvalue weighted by molar-refractivity contribution is 7.70. The predicted octanol–water partition coefficient (Wildman–Crippen LogP) is -1.29. The molecule has 0 fully saturated rings. The summed E-state index contributed by atoms with van der Waals surface area (Å²) in [5.41, 5.74) is 0. The largest absolute Gasteiger partial charge is 0.219 e. The van der Waals surface area contributed by atoms with Gasteiger partial charge in [0.2, 0.25) is 10.9 Å². The summed E-state index contributed by atoms with van der Waals surface area (Å²) in [6.45, 7) is 0.628. The molecule has 1 rings (SSSR count). The Balaban J connectivity index is 2.36. The zero-order valence-corrected chi connectivity index (χ0v) is 5.54. The highest BCUT2D eigenvalue weighted by atomic mass is 32.2. The first-order valence-electron chi connectivity index (χ1n) is 2.50. The van der Waals surface area contributed by atoms with Crippen LogP contribution in [0.5, 0.6) is 0 Å². The molecular weight excluding hydrogens is 142 g/mol. The number of hydrogen-bond donors (Lipinski definition) is 2. The van der Waals surface area contributed by atoms with E-state index in [-0.39, 0.29) is 0 Å². The van der Waals surface area contributed by atoms with E-state index in [0.717, 1.165) is 6.42 Å². The second-order valence-corrected chi connectivity index (χ2v) is 2.28. The lowest BCUT2D eigenvalue weighted by Crippen LogP contribution is -2.29. The summed E-state index contributed by atoms with van der Waals surface area (Å²) in [6.07, 6.45) is 2.46. The molecule has 0 aromatic rings. The molecule has 0 atom stereocenters. The van der Waals surface area contributed by atoms with Crippen LogP contribution in [0, 0.1) is 0 Å². The zero-order valence-electron chi connectivity index (χ0n) is 4.65. The summed E-state index contributed by atoms with van der Waals surface area (Å²) in [6, 6.07) is 0. The number of nitrogens with one attached hydrogen (secondary N) is 1. The van der Waals surface area contributed by atoms with Crippen molar-refractivity contribution in [1.29, 1.82) is 0 Å². The van der Waals surface area contributed by atoms with E-state index >= 15 is 0 Å². The molecule has 0 saturated carbocycles. The minimum Gasteiger partial charge on any atom is -0.216 e. The average Bonchev–Trinajstić information content (AvgIpc) is 2.15. The van der Waals surface area contributed by atoms with Crippen molar-refractivity contribution in [3.8, 4) is 0 Å². The third-order valence-corrected chi connectivity index (χ3v) is 1.28. The summed E-state index contributed by atoms with van der Waals surface area (Å²) in [4.78, 5) is 2.13. The van der Waals surface area contributed by atoms with Gasteiger partial charge in [-0.2, -0.15) is 5.10 Å². The molecule has 6 heteroatoms. The Hall–Kier alpha value is -0.620. The van der Waals surface area contributed by atoms with Gasteiger partial charge in [0, 0.05) is 12.6 Å². The summed E-state index contributed by atoms with van der Waals surface area (Å²) >= 11 is 0. The second-order valence-electron chi connectivity index (χ2n) is 1.57. The lowest BCUT2D eigenvalue weighted by Gasteiger charge is -2.07. The Morgan fingerprint density at radius 3 is 2.89 bits per heavy atom. The molecule has 1 aliphatic rings. The molecule has 5 nitrogen and oxygen atoms in total. The maximum atomic E-state index is 9.97. The number of rotatable bonds is 2. The number of hydrogen-bond acceptors (Lipinski definition) is 4. The van der Waals surface area contributed by atoms with Crippen LogP contribution in [0.3, 0.4) is 0 Å². The van der Waals surface area contributed by atoms with Crippen LogP contribution < -0.4 is 4.83 Å². The Bertz CT molecular complexity index is 179. The normalized spacial score (nSPS) is 17.7. The van der Waals surface area contributed by atoms with E-state index in [1.54, 1.807) is 6.21 Å². The maximum Gasteiger partial charge on any atom is 0.219 e. The van der Waals surface area contributed by atoms with Crippen LogP contribution in [0.25, 0.3) is 0 Å². The summed E-state index contributed by atoms with van der Waals surface area (Å²) in [5.74, 6) is 0. The Morgan fingerprint density at radius 2 is 2.44 bits per heavy atom. The highest BCUT2D eigenvalue weighted by Gasteiger charge is 2.03. The summed E-state index contributed by atoms with van der Waals surface area (Å²) in [5, 5.41) is 4.97. The quantitative estimate of drug-likeness (QED) is 0.480. The van der Waals surface area contributed by atoms with E-state index in [4.69, 9.17) is 0 Å². The van der Waals surface area contributed by atoms with Crippen LogP contribution in [0.4, 0.5) is 0 Å². The maximum absolute atomic E-state index is 9.97. The number of hydrazine groups is 1. The van der Waals surface area contributed by atoms with Gasteiger partial charge in [0.15, 0.2) is 0 Å². The SMILES string of the molecule is O=[SH](=O)NN1CCC=N1. The van der Waals surface area contributed by atoms with Gasteiger partial charge in [-0.25, -0.2) is 13.5 Å². The molecule has 52 valence electrons. The van der Waals surface area contributed by atoms with Gasteiger partial charge < -0.3 is 0 Å². The standard InChI is InChI=1S/C3H7N3O2S/c7-9(8)5-6-3-1-2-4-6/h2,9H,1,3H2,(H,5,7,8). The third kappa shape index (κ3) is 1.98. The fraction of sp³-hybridized carbons (Fsp3) is 0.667. The molecule has 0 aromatic heterocycles. The first-order valence-corrected chi connectivity index (χ1v) is 3.67. The van der Waals surface area contributed by atoms with Crippen LogP contribution >= 0.6 is 0 Å². The van der Waals surface area contributed by atoms with Crippen LogP contribution in [-0.4, -0.2) is 26.3 Å². The molecule has 0 unspecified atom stereocenters. The van der Waals surface area contributed by atoms with Gasteiger partial charge >= 0.3 is 0 Å². The van der Waals surface area contributed by atoms with Gasteiger partial charge in [0.25, 0.3) is 0 Å². The fourth-order valence-corrected chi connectivity index (χ4v) is 0.904. The monoisotopic (exact) mass is 149 g/mol. The predicted molar refractivity (Wildman–Crippen MR) is 33.3 cm³/mol. The van der Waals surface area contributed by atoms with Gasteiger partial charge in [-0.05, 0) is 0 Å². The fourth-order valence-electron chi connectivity index (χ4n) is 0.564. The lowest BCUT2D eigenvalue weighted by molar-refractivity contribution is 0.284. The Labute approximate surface area is 54.4 Å². The van der Waals surface area contributed by atoms with Crippen molar-refractivity contribution in [3.05, 3.63) is 0 Å². The number of nitrogens with zero attached hydrogens (tertiary/aromatic N) is 2. The van der Waals surface area contributed by atoms with E-state index < -0.39 is 10.9 Å². The molecule has 0 aromatic carbocycles. The third-order valence-electron chi connectivity index (χ3n) is 0.888. The van der Waals surface area contributed by atoms with Crippen molar-refractivity contribution in [2.75, 3.05) is 6.54 Å². The molecule has 1 aliphatic heterocycles. The summed E-state index contributed by atoms with van der Waals surface area (Å²) < 4.78 is 19.9. The minimum absolute atomic E-state index is 0.628. The average molecular weight is 149 g/mol. The van der Waals surface area contributed by atoms with E-state index in [1.807, 2.05) is 0 Å². The first-order chi connectivity index (χ1) is 4.29. The minimum atomic E-state index is -2.55. The van der Waals surface area contributed by atoms with Gasteiger partial charge in [-0.1, -0.05) is 0 Å². The van der Waals surface area contributed by atoms with Crippen molar-refractivity contribution in [2.45, 2.75) is 6.42 Å². The van der Waals surface area contributed by atoms with Crippen molar-refractivity contribution < 1.29 is 8.42 Å². The zero-order chi connectivity index (χ0) is 6.69. The molecule has 0 saturated heterocycles. The molecule has 1 N–H and O–H groups in total. The molecule has 0 spiro atoms. The van der Waals surface area contributed by atoms with E-state index in [0.29, 0.717) is 6.54 Å². The molecule has 0 amide bonds. The van der Waals surface area contributed by atoms with Crippen molar-refractivity contribution in [2.24, 2.45) is 5.10 Å². The molecule has 0 radical (unpaired) electrons. The smallest absolute Gasteiger partial charge is 0.216 e. The topological polar surface area (TPSA) is 61.8 Å². The van der Waals surface area contributed by atoms with Crippen molar-refractivity contribution in [1.82, 2.24) is 9.95 Å². The Kier molecular flexibility index (Phi) is 2.01. The highest BCUT2D eigenvalue weighted by Crippen LogP contribution is 1.93. The van der Waals surface area contributed by atoms with E-state index in [9.17, 15) is 8.42 Å². The van der Waals surface area contributed by atoms with Gasteiger partial charge in [-0.15, -0.1) is 4.83 Å². The van der Waals surface area contributed by atoms with Crippen LogP contribution in [0.2, 0.25) is 0 Å². The molecular formula is C3H7N3O2S. The lowest BCUT2D eigenvalue weighted by atomic mass is 10.5. The van der Waals surface area contributed by atoms with E-state index in [1.165, 1.54) is 5.12 Å². The van der Waals surface area contributed by atoms with Crippen molar-refractivity contribution in [3.63, 3.8) is 0 Å². The molecule has 1 heterocycles. The molecule has 0 bridgehead atoms. The van der Waals surface area contributed by atoms with Gasteiger partial charge in [0.05, 0.1) is 6.54 Å². The van der Waals surface area contributed by atoms with Crippen molar-refractivity contribution >= 4 is 17.1 Å². The number of hydrazone groups is 1. The van der Waals surface area contributed by atoms with Gasteiger partial charge in [0.1, 0.15) is 0 Å². The molecule has 0 aliphatic carbocycles. The summed E-state index contributed by atoms with van der Waals surface area (Å²) in [7, 11) is -2.55. The van der Waals surface area contributed by atoms with Crippen LogP contribution in [0.15, 0.2) is 5.10 Å². The van der Waals surface area contributed by atoms with Crippen LogP contribution in [-0.2, 0) is 10.9 Å². The second kappa shape index (κ2) is 2.79. The van der Waals surface area contributed by atoms with Crippen LogP contribution in [0.1, 0.15) is 6.42 Å². The van der Waals surface area contributed by atoms with Gasteiger partial charge in [-0.3, -0.25) is 0 Å². The first kappa shape index (κ1) is 6.50. The van der Waals surface area contributed by atoms with E-state index in [2.05, 4.69) is 9.93 Å². The molecule has 9 heavy (non-hydrogen) atoms. The number of thiol groups is 1. The Morgan fingerprint density at radius 1 is 1.67 bits per heavy atom.